The van der Waals surface area contributed by atoms with E-state index in [4.69, 9.17) is 9.47 Å². The van der Waals surface area contributed by atoms with Crippen LogP contribution in [0.15, 0.2) is 36.4 Å². The highest BCUT2D eigenvalue weighted by molar-refractivity contribution is 5.76. The van der Waals surface area contributed by atoms with Gasteiger partial charge in [0.2, 0.25) is 5.91 Å². The van der Waals surface area contributed by atoms with E-state index < -0.39 is 0 Å². The van der Waals surface area contributed by atoms with Gasteiger partial charge in [0.15, 0.2) is 11.5 Å². The number of hydrogen-bond donors (Lipinski definition) is 1. The van der Waals surface area contributed by atoms with E-state index in [9.17, 15) is 9.18 Å². The van der Waals surface area contributed by atoms with Crippen LogP contribution in [0.2, 0.25) is 0 Å². The van der Waals surface area contributed by atoms with Crippen LogP contribution in [0.4, 0.5) is 4.39 Å². The molecule has 0 fully saturated rings. The van der Waals surface area contributed by atoms with Gasteiger partial charge in [-0.3, -0.25) is 9.69 Å². The fraction of sp³-hybridized carbons (Fsp3) is 0.435. The van der Waals surface area contributed by atoms with Gasteiger partial charge in [-0.2, -0.15) is 0 Å². The quantitative estimate of drug-likeness (QED) is 0.767. The summed E-state index contributed by atoms with van der Waals surface area (Å²) in [5, 5.41) is 3.09. The number of fused-ring (bicyclic) bond motifs is 1. The van der Waals surface area contributed by atoms with Crippen molar-refractivity contribution in [3.8, 4) is 11.5 Å². The molecule has 1 N–H and O–H groups in total. The van der Waals surface area contributed by atoms with Crippen molar-refractivity contribution < 1.29 is 18.7 Å². The Balaban J connectivity index is 2.01. The number of nitrogens with one attached hydrogen (secondary N) is 1. The molecule has 0 aliphatic carbocycles. The highest BCUT2D eigenvalue weighted by Crippen LogP contribution is 2.40. The van der Waals surface area contributed by atoms with Gasteiger partial charge in [0.1, 0.15) is 5.82 Å². The topological polar surface area (TPSA) is 50.8 Å². The first-order valence-electron chi connectivity index (χ1n) is 10.00. The van der Waals surface area contributed by atoms with Gasteiger partial charge in [-0.05, 0) is 42.7 Å². The SMILES string of the molecule is CCC(=O)N[C@@H](C)[C@H]1c2cc(OC)c(OC)cc2CCN1Cc1ccccc1F. The Morgan fingerprint density at radius 1 is 1.24 bits per heavy atom. The van der Waals surface area contributed by atoms with Crippen LogP contribution in [0.25, 0.3) is 0 Å². The first kappa shape index (κ1) is 21.1. The number of hydrogen-bond acceptors (Lipinski definition) is 4. The van der Waals surface area contributed by atoms with Gasteiger partial charge in [-0.25, -0.2) is 4.39 Å². The second-order valence-corrected chi connectivity index (χ2v) is 7.37. The summed E-state index contributed by atoms with van der Waals surface area (Å²) >= 11 is 0. The van der Waals surface area contributed by atoms with E-state index in [2.05, 4.69) is 10.2 Å². The van der Waals surface area contributed by atoms with Crippen LogP contribution in [0.5, 0.6) is 11.5 Å². The van der Waals surface area contributed by atoms with E-state index in [1.807, 2.05) is 38.1 Å². The molecule has 0 bridgehead atoms. The molecule has 2 atom stereocenters. The minimum absolute atomic E-state index is 0.00376. The van der Waals surface area contributed by atoms with Gasteiger partial charge in [-0.1, -0.05) is 25.1 Å². The summed E-state index contributed by atoms with van der Waals surface area (Å²) in [6, 6.07) is 10.6. The number of rotatable bonds is 7. The molecule has 1 aliphatic rings. The predicted molar refractivity (Wildman–Crippen MR) is 111 cm³/mol. The summed E-state index contributed by atoms with van der Waals surface area (Å²) in [4.78, 5) is 14.3. The van der Waals surface area contributed by atoms with Crippen molar-refractivity contribution in [3.05, 3.63) is 58.9 Å². The molecule has 3 rings (SSSR count). The minimum Gasteiger partial charge on any atom is -0.493 e. The van der Waals surface area contributed by atoms with Crippen molar-refractivity contribution in [1.29, 1.82) is 0 Å². The summed E-state index contributed by atoms with van der Waals surface area (Å²) < 4.78 is 25.3. The molecule has 1 amide bonds. The van der Waals surface area contributed by atoms with E-state index in [0.717, 1.165) is 24.1 Å². The molecule has 1 heterocycles. The summed E-state index contributed by atoms with van der Waals surface area (Å²) in [7, 11) is 3.24. The molecule has 0 radical (unpaired) electrons. The molecule has 5 nitrogen and oxygen atoms in total. The number of carbonyl (C=O) groups excluding carboxylic acids is 1. The van der Waals surface area contributed by atoms with Gasteiger partial charge in [0, 0.05) is 31.1 Å². The fourth-order valence-corrected chi connectivity index (χ4v) is 4.07. The number of halogens is 1. The number of nitrogens with zero attached hydrogens (tertiary/aromatic N) is 1. The molecule has 0 aromatic heterocycles. The highest BCUT2D eigenvalue weighted by atomic mass is 19.1. The highest BCUT2D eigenvalue weighted by Gasteiger charge is 2.34. The third kappa shape index (κ3) is 4.53. The molecule has 6 heteroatoms. The molecule has 2 aromatic carbocycles. The average molecular weight is 400 g/mol. The summed E-state index contributed by atoms with van der Waals surface area (Å²) in [5.41, 5.74) is 2.89. The van der Waals surface area contributed by atoms with E-state index in [0.29, 0.717) is 30.0 Å². The fourth-order valence-electron chi connectivity index (χ4n) is 4.07. The normalized spacial score (nSPS) is 17.3. The number of benzene rings is 2. The maximum Gasteiger partial charge on any atom is 0.219 e. The molecule has 0 spiro atoms. The van der Waals surface area contributed by atoms with Crippen molar-refractivity contribution in [3.63, 3.8) is 0 Å². The van der Waals surface area contributed by atoms with Crippen LogP contribution in [0.1, 0.15) is 43.0 Å². The van der Waals surface area contributed by atoms with Crippen LogP contribution in [0.3, 0.4) is 0 Å². The number of carbonyl (C=O) groups is 1. The van der Waals surface area contributed by atoms with Crippen molar-refractivity contribution in [2.75, 3.05) is 20.8 Å². The van der Waals surface area contributed by atoms with Crippen LogP contribution in [-0.2, 0) is 17.8 Å². The van der Waals surface area contributed by atoms with Crippen molar-refractivity contribution in [2.45, 2.75) is 45.3 Å². The van der Waals surface area contributed by atoms with Gasteiger partial charge in [0.05, 0.1) is 20.3 Å². The lowest BCUT2D eigenvalue weighted by molar-refractivity contribution is -0.121. The van der Waals surface area contributed by atoms with Gasteiger partial charge in [0.25, 0.3) is 0 Å². The molecular formula is C23H29FN2O3. The molecule has 0 saturated carbocycles. The number of methoxy groups -OCH3 is 2. The molecule has 1 aliphatic heterocycles. The number of ether oxygens (including phenoxy) is 2. The zero-order valence-electron chi connectivity index (χ0n) is 17.5. The van der Waals surface area contributed by atoms with E-state index in [1.165, 1.54) is 6.07 Å². The smallest absolute Gasteiger partial charge is 0.219 e. The molecule has 0 saturated heterocycles. The summed E-state index contributed by atoms with van der Waals surface area (Å²) in [5.74, 6) is 1.13. The van der Waals surface area contributed by atoms with Crippen LogP contribution in [-0.4, -0.2) is 37.6 Å². The molecule has 2 aromatic rings. The lowest BCUT2D eigenvalue weighted by Crippen LogP contribution is -2.47. The maximum atomic E-state index is 14.3. The van der Waals surface area contributed by atoms with Crippen LogP contribution in [0, 0.1) is 5.82 Å². The lowest BCUT2D eigenvalue weighted by Gasteiger charge is -2.41. The Morgan fingerprint density at radius 2 is 1.93 bits per heavy atom. The Hall–Kier alpha value is -2.60. The van der Waals surface area contributed by atoms with Crippen molar-refractivity contribution >= 4 is 5.91 Å². The van der Waals surface area contributed by atoms with Gasteiger partial charge >= 0.3 is 0 Å². The first-order valence-corrected chi connectivity index (χ1v) is 10.00. The van der Waals surface area contributed by atoms with Gasteiger partial charge in [-0.15, -0.1) is 0 Å². The Kier molecular flexibility index (Phi) is 6.75. The Bertz CT molecular complexity index is 871. The molecule has 156 valence electrons. The summed E-state index contributed by atoms with van der Waals surface area (Å²) in [6.07, 6.45) is 1.23. The Labute approximate surface area is 171 Å². The van der Waals surface area contributed by atoms with E-state index >= 15 is 0 Å². The third-order valence-electron chi connectivity index (χ3n) is 5.54. The number of amides is 1. The average Bonchev–Trinajstić information content (AvgIpc) is 2.73. The predicted octanol–water partition coefficient (Wildman–Crippen LogP) is 3.86. The molecule has 29 heavy (non-hydrogen) atoms. The zero-order chi connectivity index (χ0) is 21.0. The monoisotopic (exact) mass is 400 g/mol. The first-order chi connectivity index (χ1) is 14.0. The van der Waals surface area contributed by atoms with Crippen molar-refractivity contribution in [2.24, 2.45) is 0 Å². The summed E-state index contributed by atoms with van der Waals surface area (Å²) in [6.45, 7) is 5.06. The third-order valence-corrected chi connectivity index (χ3v) is 5.54. The zero-order valence-corrected chi connectivity index (χ0v) is 17.5. The van der Waals surface area contributed by atoms with E-state index in [1.54, 1.807) is 20.3 Å². The largest absolute Gasteiger partial charge is 0.493 e. The Morgan fingerprint density at radius 3 is 2.59 bits per heavy atom. The second-order valence-electron chi connectivity index (χ2n) is 7.37. The maximum absolute atomic E-state index is 14.3. The van der Waals surface area contributed by atoms with Crippen LogP contribution >= 0.6 is 0 Å². The van der Waals surface area contributed by atoms with Crippen molar-refractivity contribution in [1.82, 2.24) is 10.2 Å². The van der Waals surface area contributed by atoms with E-state index in [-0.39, 0.29) is 23.8 Å². The lowest BCUT2D eigenvalue weighted by atomic mass is 9.87. The second kappa shape index (κ2) is 9.27. The standard InChI is InChI=1S/C23H29FN2O3/c1-5-22(27)25-15(2)23-18-13-21(29-4)20(28-3)12-16(18)10-11-26(23)14-17-8-6-7-9-19(17)24/h6-9,12-13,15,23H,5,10-11,14H2,1-4H3,(H,25,27)/t15-,23-/m0/s1. The molecular weight excluding hydrogens is 371 g/mol. The minimum atomic E-state index is -0.213. The van der Waals surface area contributed by atoms with Crippen LogP contribution < -0.4 is 14.8 Å². The molecule has 0 unspecified atom stereocenters. The van der Waals surface area contributed by atoms with Gasteiger partial charge < -0.3 is 14.8 Å².